The van der Waals surface area contributed by atoms with Crippen molar-refractivity contribution in [3.8, 4) is 0 Å². The van der Waals surface area contributed by atoms with Gasteiger partial charge in [-0.05, 0) is 62.3 Å². The van der Waals surface area contributed by atoms with Crippen molar-refractivity contribution in [1.82, 2.24) is 30.0 Å². The van der Waals surface area contributed by atoms with Gasteiger partial charge in [0.1, 0.15) is 9.34 Å². The highest BCUT2D eigenvalue weighted by atomic mass is 35.5. The molecule has 10 nitrogen and oxygen atoms in total. The fourth-order valence-electron chi connectivity index (χ4n) is 5.03. The molecule has 0 saturated carbocycles. The van der Waals surface area contributed by atoms with Crippen LogP contribution in [0.3, 0.4) is 0 Å². The summed E-state index contributed by atoms with van der Waals surface area (Å²) in [4.78, 5) is 40.8. The Balaban J connectivity index is 1.13. The lowest BCUT2D eigenvalue weighted by atomic mass is 10.1. The number of amides is 2. The maximum atomic E-state index is 13.2. The Kier molecular flexibility index (Phi) is 10.7. The molecule has 5 rings (SSSR count). The second-order valence-electron chi connectivity index (χ2n) is 10.3. The molecule has 2 aromatic carbocycles. The van der Waals surface area contributed by atoms with Crippen molar-refractivity contribution in [2.75, 3.05) is 69.2 Å². The molecule has 2 aliphatic heterocycles. The Labute approximate surface area is 266 Å². The van der Waals surface area contributed by atoms with Gasteiger partial charge >= 0.3 is 0 Å². The third-order valence-electron chi connectivity index (χ3n) is 7.44. The number of hydrogen-bond acceptors (Lipinski definition) is 9. The number of rotatable bonds is 9. The zero-order chi connectivity index (χ0) is 30.2. The summed E-state index contributed by atoms with van der Waals surface area (Å²) in [6.07, 6.45) is 4.09. The summed E-state index contributed by atoms with van der Waals surface area (Å²) in [7, 11) is 1.57. The number of hydrogen-bond donors (Lipinski definition) is 3. The number of likely N-dealkylation sites (tertiary alicyclic amines) is 1. The minimum Gasteiger partial charge on any atom is -0.355 e. The monoisotopic (exact) mass is 638 g/mol. The number of nitrogens with one attached hydrogen (secondary N) is 3. The Morgan fingerprint density at radius 1 is 0.953 bits per heavy atom. The summed E-state index contributed by atoms with van der Waals surface area (Å²) >= 11 is 13.8. The van der Waals surface area contributed by atoms with E-state index in [0.29, 0.717) is 46.7 Å². The summed E-state index contributed by atoms with van der Waals surface area (Å²) in [6, 6.07) is 14.3. The van der Waals surface area contributed by atoms with E-state index in [-0.39, 0.29) is 11.8 Å². The first kappa shape index (κ1) is 31.0. The van der Waals surface area contributed by atoms with Crippen molar-refractivity contribution >= 4 is 74.9 Å². The van der Waals surface area contributed by atoms with Gasteiger partial charge in [-0.3, -0.25) is 9.59 Å². The number of thioether (sulfide) groups is 1. The normalized spacial score (nSPS) is 15.3. The van der Waals surface area contributed by atoms with Crippen molar-refractivity contribution in [1.29, 1.82) is 0 Å². The number of nitrogens with zero attached hydrogens (tertiary/aromatic N) is 5. The number of anilines is 4. The van der Waals surface area contributed by atoms with Crippen molar-refractivity contribution in [2.45, 2.75) is 12.8 Å². The predicted octanol–water partition coefficient (Wildman–Crippen LogP) is 4.85. The summed E-state index contributed by atoms with van der Waals surface area (Å²) < 4.78 is 0.931. The van der Waals surface area contributed by atoms with Gasteiger partial charge in [-0.15, -0.1) is 0 Å². The number of thiocarbonyl (C=S) groups is 1. The Hall–Kier alpha value is -3.45. The van der Waals surface area contributed by atoms with Crippen LogP contribution < -0.4 is 16.0 Å². The summed E-state index contributed by atoms with van der Waals surface area (Å²) in [5.74, 6) is 1.46. The maximum Gasteiger partial charge on any atom is 0.253 e. The van der Waals surface area contributed by atoms with Crippen molar-refractivity contribution < 1.29 is 9.59 Å². The quantitative estimate of drug-likeness (QED) is 0.282. The molecule has 43 heavy (non-hydrogen) atoms. The van der Waals surface area contributed by atoms with Crippen LogP contribution in [-0.2, 0) is 0 Å². The predicted molar refractivity (Wildman–Crippen MR) is 178 cm³/mol. The number of para-hydroxylation sites is 1. The molecule has 0 aliphatic carbocycles. The van der Waals surface area contributed by atoms with Gasteiger partial charge in [0.05, 0.1) is 17.4 Å². The summed E-state index contributed by atoms with van der Waals surface area (Å²) in [5, 5.41) is 9.21. The van der Waals surface area contributed by atoms with E-state index in [4.69, 9.17) is 23.8 Å². The highest BCUT2D eigenvalue weighted by Crippen LogP contribution is 2.27. The fraction of sp³-hybridized carbons (Fsp3) is 0.367. The van der Waals surface area contributed by atoms with E-state index in [1.54, 1.807) is 49.1 Å². The molecule has 0 bridgehead atoms. The molecule has 226 valence electrons. The molecule has 2 saturated heterocycles. The average Bonchev–Trinajstić information content (AvgIpc) is 3.56. The molecule has 3 N–H and O–H groups in total. The third kappa shape index (κ3) is 8.14. The van der Waals surface area contributed by atoms with Gasteiger partial charge in [-0.1, -0.05) is 47.7 Å². The topological polar surface area (TPSA) is 106 Å². The van der Waals surface area contributed by atoms with Crippen LogP contribution in [0.25, 0.3) is 0 Å². The highest BCUT2D eigenvalue weighted by molar-refractivity contribution is 8.22. The van der Waals surface area contributed by atoms with Crippen LogP contribution in [-0.4, -0.2) is 99.4 Å². The van der Waals surface area contributed by atoms with Gasteiger partial charge in [-0.25, -0.2) is 4.98 Å². The summed E-state index contributed by atoms with van der Waals surface area (Å²) in [5.41, 5.74) is 2.36. The number of piperazine rings is 1. The molecular weight excluding hydrogens is 604 g/mol. The zero-order valence-electron chi connectivity index (χ0n) is 24.0. The highest BCUT2D eigenvalue weighted by Gasteiger charge is 2.24. The molecule has 2 amide bonds. The van der Waals surface area contributed by atoms with Crippen LogP contribution in [0.4, 0.5) is 23.1 Å². The standard InChI is InChI=1S/C30H35ClN8O2S2/c1-32-27(40)23-6-2-3-7-25(23)35-26-24(31)20-33-29(36-26)34-22-10-8-21(9-11-22)28(41)38-14-16-39(17-15-38)30(42)43-19-18-37-12-4-5-13-37/h2-3,6-11,20H,4-5,12-19H2,1H3,(H,32,40)(H2,33,34,35,36). The Bertz CT molecular complexity index is 1440. The van der Waals surface area contributed by atoms with Crippen molar-refractivity contribution in [3.05, 3.63) is 70.9 Å². The molecule has 2 fully saturated rings. The van der Waals surface area contributed by atoms with Crippen LogP contribution in [0.5, 0.6) is 0 Å². The molecule has 0 spiro atoms. The van der Waals surface area contributed by atoms with Gasteiger partial charge < -0.3 is 30.7 Å². The lowest BCUT2D eigenvalue weighted by Crippen LogP contribution is -2.49. The van der Waals surface area contributed by atoms with E-state index in [2.05, 4.69) is 35.7 Å². The van der Waals surface area contributed by atoms with E-state index in [9.17, 15) is 9.59 Å². The molecule has 0 atom stereocenters. The summed E-state index contributed by atoms with van der Waals surface area (Å²) in [6.45, 7) is 6.28. The van der Waals surface area contributed by atoms with Gasteiger partial charge in [0, 0.05) is 56.8 Å². The van der Waals surface area contributed by atoms with E-state index >= 15 is 0 Å². The minimum atomic E-state index is -0.228. The first-order valence-corrected chi connectivity index (χ1v) is 16.1. The van der Waals surface area contributed by atoms with Gasteiger partial charge in [0.25, 0.3) is 11.8 Å². The fourth-order valence-corrected chi connectivity index (χ4v) is 6.49. The van der Waals surface area contributed by atoms with E-state index < -0.39 is 0 Å². The smallest absolute Gasteiger partial charge is 0.253 e. The first-order valence-electron chi connectivity index (χ1n) is 14.3. The second kappa shape index (κ2) is 14.8. The van der Waals surface area contributed by atoms with Gasteiger partial charge in [0.2, 0.25) is 5.95 Å². The lowest BCUT2D eigenvalue weighted by molar-refractivity contribution is 0.0694. The van der Waals surface area contributed by atoms with Crippen LogP contribution >= 0.6 is 35.6 Å². The van der Waals surface area contributed by atoms with Crippen LogP contribution in [0.15, 0.2) is 54.7 Å². The third-order valence-corrected chi connectivity index (χ3v) is 9.22. The number of benzene rings is 2. The second-order valence-corrected chi connectivity index (χ2v) is 12.4. The van der Waals surface area contributed by atoms with E-state index in [1.807, 2.05) is 23.1 Å². The SMILES string of the molecule is CNC(=O)c1ccccc1Nc1nc(Nc2ccc(C(=O)N3CCN(C(=S)SCCN4CCCC4)CC3)cc2)ncc1Cl. The molecule has 1 aromatic heterocycles. The largest absolute Gasteiger partial charge is 0.355 e. The number of carbonyl (C=O) groups excluding carboxylic acids is 2. The maximum absolute atomic E-state index is 13.2. The number of halogens is 1. The minimum absolute atomic E-state index is 0.00261. The molecule has 0 radical (unpaired) electrons. The number of carbonyl (C=O) groups is 2. The molecule has 3 aromatic rings. The van der Waals surface area contributed by atoms with Gasteiger partial charge in [-0.2, -0.15) is 4.98 Å². The van der Waals surface area contributed by atoms with Crippen molar-refractivity contribution in [3.63, 3.8) is 0 Å². The first-order chi connectivity index (χ1) is 20.9. The zero-order valence-corrected chi connectivity index (χ0v) is 26.4. The van der Waals surface area contributed by atoms with Crippen LogP contribution in [0.2, 0.25) is 5.02 Å². The van der Waals surface area contributed by atoms with Gasteiger partial charge in [0.15, 0.2) is 5.82 Å². The molecule has 2 aliphatic rings. The van der Waals surface area contributed by atoms with E-state index in [1.165, 1.54) is 32.1 Å². The Morgan fingerprint density at radius 3 is 2.37 bits per heavy atom. The Morgan fingerprint density at radius 2 is 1.65 bits per heavy atom. The number of aromatic nitrogens is 2. The van der Waals surface area contributed by atoms with Crippen LogP contribution in [0, 0.1) is 0 Å². The lowest BCUT2D eigenvalue weighted by Gasteiger charge is -2.36. The van der Waals surface area contributed by atoms with Crippen molar-refractivity contribution in [2.24, 2.45) is 0 Å². The molecular formula is C30H35ClN8O2S2. The van der Waals surface area contributed by atoms with Crippen LogP contribution in [0.1, 0.15) is 33.6 Å². The van der Waals surface area contributed by atoms with E-state index in [0.717, 1.165) is 35.4 Å². The molecule has 3 heterocycles. The molecule has 13 heteroatoms. The average molecular weight is 639 g/mol. The molecule has 0 unspecified atom stereocenters.